The van der Waals surface area contributed by atoms with Crippen molar-refractivity contribution in [3.8, 4) is 6.07 Å². The van der Waals surface area contributed by atoms with E-state index >= 15 is 0 Å². The molecular weight excluding hydrogens is 198 g/mol. The maximum absolute atomic E-state index is 8.85. The number of pyridine rings is 1. The van der Waals surface area contributed by atoms with Crippen LogP contribution in [0.15, 0.2) is 18.3 Å². The molecule has 2 heterocycles. The van der Waals surface area contributed by atoms with Gasteiger partial charge >= 0.3 is 0 Å². The second kappa shape index (κ2) is 4.13. The first-order valence-electron chi connectivity index (χ1n) is 5.72. The lowest BCUT2D eigenvalue weighted by Crippen LogP contribution is -2.37. The predicted molar refractivity (Wildman–Crippen MR) is 64.2 cm³/mol. The van der Waals surface area contributed by atoms with Crippen LogP contribution in [-0.4, -0.2) is 18.1 Å². The van der Waals surface area contributed by atoms with Crippen LogP contribution in [0.3, 0.4) is 0 Å². The summed E-state index contributed by atoms with van der Waals surface area (Å²) in [4.78, 5) is 6.60. The molecule has 0 aliphatic carbocycles. The summed E-state index contributed by atoms with van der Waals surface area (Å²) in [7, 11) is 0. The quantitative estimate of drug-likeness (QED) is 0.723. The molecule has 0 spiro atoms. The molecule has 0 saturated carbocycles. The van der Waals surface area contributed by atoms with Gasteiger partial charge in [-0.1, -0.05) is 13.8 Å². The van der Waals surface area contributed by atoms with Crippen molar-refractivity contribution in [3.05, 3.63) is 23.9 Å². The lowest BCUT2D eigenvalue weighted by atomic mass is 9.83. The number of hydrogen-bond acceptors (Lipinski definition) is 3. The zero-order valence-corrected chi connectivity index (χ0v) is 9.90. The lowest BCUT2D eigenvalue weighted by Gasteiger charge is -2.37. The van der Waals surface area contributed by atoms with Crippen molar-refractivity contribution >= 4 is 5.82 Å². The van der Waals surface area contributed by atoms with Gasteiger partial charge in [-0.05, 0) is 30.4 Å². The molecule has 1 saturated heterocycles. The molecule has 1 aliphatic heterocycles. The zero-order chi connectivity index (χ0) is 11.6. The Balaban J connectivity index is 2.11. The van der Waals surface area contributed by atoms with Crippen LogP contribution in [0.2, 0.25) is 0 Å². The topological polar surface area (TPSA) is 39.9 Å². The highest BCUT2D eigenvalue weighted by Gasteiger charge is 2.25. The fourth-order valence-electron chi connectivity index (χ4n) is 2.00. The summed E-state index contributed by atoms with van der Waals surface area (Å²) in [6.45, 7) is 6.69. The van der Waals surface area contributed by atoms with Crippen LogP contribution in [0.4, 0.5) is 5.82 Å². The molecule has 0 N–H and O–H groups in total. The molecule has 1 aromatic heterocycles. The van der Waals surface area contributed by atoms with Crippen LogP contribution in [0.25, 0.3) is 0 Å². The van der Waals surface area contributed by atoms with Crippen molar-refractivity contribution in [2.75, 3.05) is 18.0 Å². The average molecular weight is 215 g/mol. The maximum atomic E-state index is 8.85. The molecule has 84 valence electrons. The molecule has 3 heteroatoms. The Labute approximate surface area is 96.7 Å². The number of piperidine rings is 1. The molecule has 1 aromatic rings. The van der Waals surface area contributed by atoms with Crippen LogP contribution in [0, 0.1) is 16.7 Å². The van der Waals surface area contributed by atoms with Gasteiger partial charge in [0.1, 0.15) is 5.82 Å². The number of aromatic nitrogens is 1. The summed E-state index contributed by atoms with van der Waals surface area (Å²) in [5, 5.41) is 8.85. The molecule has 3 nitrogen and oxygen atoms in total. The highest BCUT2D eigenvalue weighted by atomic mass is 15.2. The summed E-state index contributed by atoms with van der Waals surface area (Å²) >= 11 is 0. The fourth-order valence-corrected chi connectivity index (χ4v) is 2.00. The largest absolute Gasteiger partial charge is 0.357 e. The van der Waals surface area contributed by atoms with Gasteiger partial charge < -0.3 is 4.90 Å². The van der Waals surface area contributed by atoms with Crippen molar-refractivity contribution in [3.63, 3.8) is 0 Å². The van der Waals surface area contributed by atoms with Gasteiger partial charge in [-0.3, -0.25) is 0 Å². The highest BCUT2D eigenvalue weighted by molar-refractivity contribution is 5.45. The van der Waals surface area contributed by atoms with E-state index in [1.807, 2.05) is 6.07 Å². The number of hydrogen-bond donors (Lipinski definition) is 0. The Hall–Kier alpha value is -1.56. The minimum absolute atomic E-state index is 0.448. The first kappa shape index (κ1) is 10.9. The Morgan fingerprint density at radius 3 is 2.69 bits per heavy atom. The summed E-state index contributed by atoms with van der Waals surface area (Å²) in [6, 6.07) is 5.78. The third-order valence-corrected chi connectivity index (χ3v) is 3.32. The van der Waals surface area contributed by atoms with Crippen molar-refractivity contribution in [1.29, 1.82) is 5.26 Å². The SMILES string of the molecule is CC1(C)CCN(c2cc(C#N)ccn2)CC1. The number of nitrogens with zero attached hydrogens (tertiary/aromatic N) is 3. The van der Waals surface area contributed by atoms with Crippen molar-refractivity contribution in [1.82, 2.24) is 4.98 Å². The molecule has 0 radical (unpaired) electrons. The standard InChI is InChI=1S/C13H17N3/c1-13(2)4-7-16(8-5-13)12-9-11(10-14)3-6-15-12/h3,6,9H,4-5,7-8H2,1-2H3. The van der Waals surface area contributed by atoms with E-state index in [4.69, 9.17) is 5.26 Å². The summed E-state index contributed by atoms with van der Waals surface area (Å²) in [6.07, 6.45) is 4.09. The van der Waals surface area contributed by atoms with Crippen LogP contribution >= 0.6 is 0 Å². The van der Waals surface area contributed by atoms with Gasteiger partial charge in [0.15, 0.2) is 0 Å². The van der Waals surface area contributed by atoms with Gasteiger partial charge in [-0.25, -0.2) is 4.98 Å². The third-order valence-electron chi connectivity index (χ3n) is 3.32. The normalized spacial score (nSPS) is 19.2. The van der Waals surface area contributed by atoms with E-state index in [1.165, 1.54) is 12.8 Å². The predicted octanol–water partition coefficient (Wildman–Crippen LogP) is 2.58. The lowest BCUT2D eigenvalue weighted by molar-refractivity contribution is 0.279. The van der Waals surface area contributed by atoms with Gasteiger partial charge in [-0.15, -0.1) is 0 Å². The molecule has 0 unspecified atom stereocenters. The highest BCUT2D eigenvalue weighted by Crippen LogP contribution is 2.31. The molecule has 1 aliphatic rings. The average Bonchev–Trinajstić information content (AvgIpc) is 2.29. The zero-order valence-electron chi connectivity index (χ0n) is 9.90. The first-order valence-corrected chi connectivity index (χ1v) is 5.72. The van der Waals surface area contributed by atoms with Crippen molar-refractivity contribution in [2.24, 2.45) is 5.41 Å². The van der Waals surface area contributed by atoms with Crippen LogP contribution in [-0.2, 0) is 0 Å². The Bertz CT molecular complexity index is 407. The minimum atomic E-state index is 0.448. The van der Waals surface area contributed by atoms with Gasteiger partial charge in [0.2, 0.25) is 0 Å². The number of anilines is 1. The van der Waals surface area contributed by atoms with E-state index in [-0.39, 0.29) is 0 Å². The fraction of sp³-hybridized carbons (Fsp3) is 0.538. The summed E-state index contributed by atoms with van der Waals surface area (Å²) in [5.74, 6) is 0.939. The van der Waals surface area contributed by atoms with Gasteiger partial charge in [0, 0.05) is 19.3 Å². The molecule has 2 rings (SSSR count). The summed E-state index contributed by atoms with van der Waals surface area (Å²) in [5.41, 5.74) is 1.14. The van der Waals surface area contributed by atoms with E-state index in [1.54, 1.807) is 12.3 Å². The van der Waals surface area contributed by atoms with Crippen LogP contribution in [0.5, 0.6) is 0 Å². The van der Waals surface area contributed by atoms with E-state index in [9.17, 15) is 0 Å². The van der Waals surface area contributed by atoms with Crippen LogP contribution in [0.1, 0.15) is 32.3 Å². The van der Waals surface area contributed by atoms with Gasteiger partial charge in [0.25, 0.3) is 0 Å². The molecule has 1 fully saturated rings. The molecule has 0 atom stereocenters. The second-order valence-corrected chi connectivity index (χ2v) is 5.17. The Kier molecular flexibility index (Phi) is 2.82. The molecule has 0 amide bonds. The molecule has 0 aromatic carbocycles. The van der Waals surface area contributed by atoms with Crippen LogP contribution < -0.4 is 4.90 Å². The second-order valence-electron chi connectivity index (χ2n) is 5.17. The smallest absolute Gasteiger partial charge is 0.129 e. The molecule has 0 bridgehead atoms. The Morgan fingerprint density at radius 2 is 2.06 bits per heavy atom. The van der Waals surface area contributed by atoms with E-state index in [2.05, 4.69) is 29.8 Å². The number of rotatable bonds is 1. The van der Waals surface area contributed by atoms with Gasteiger partial charge in [-0.2, -0.15) is 5.26 Å². The minimum Gasteiger partial charge on any atom is -0.357 e. The third kappa shape index (κ3) is 2.33. The Morgan fingerprint density at radius 1 is 1.38 bits per heavy atom. The maximum Gasteiger partial charge on any atom is 0.129 e. The molecular formula is C13H17N3. The van der Waals surface area contributed by atoms with E-state index < -0.39 is 0 Å². The van der Waals surface area contributed by atoms with Gasteiger partial charge in [0.05, 0.1) is 11.6 Å². The molecule has 16 heavy (non-hydrogen) atoms. The van der Waals surface area contributed by atoms with Crippen molar-refractivity contribution < 1.29 is 0 Å². The van der Waals surface area contributed by atoms with E-state index in [0.29, 0.717) is 11.0 Å². The van der Waals surface area contributed by atoms with E-state index in [0.717, 1.165) is 18.9 Å². The number of nitriles is 1. The van der Waals surface area contributed by atoms with Crippen molar-refractivity contribution in [2.45, 2.75) is 26.7 Å². The summed E-state index contributed by atoms with van der Waals surface area (Å²) < 4.78 is 0. The monoisotopic (exact) mass is 215 g/mol. The first-order chi connectivity index (χ1) is 7.61.